The van der Waals surface area contributed by atoms with Gasteiger partial charge in [0.15, 0.2) is 0 Å². The van der Waals surface area contributed by atoms with Crippen LogP contribution in [0.15, 0.2) is 36.5 Å². The molecule has 0 radical (unpaired) electrons. The Hall–Kier alpha value is -3.16. The summed E-state index contributed by atoms with van der Waals surface area (Å²) in [6.07, 6.45) is 2.80. The van der Waals surface area contributed by atoms with Gasteiger partial charge >= 0.3 is 0 Å². The average Bonchev–Trinajstić information content (AvgIpc) is 2.66. The molecule has 2 rings (SSSR count). The number of halogens is 2. The molecule has 8 heteroatoms. The van der Waals surface area contributed by atoms with Gasteiger partial charge in [-0.2, -0.15) is 0 Å². The largest absolute Gasteiger partial charge is 0.344 e. The lowest BCUT2D eigenvalue weighted by Gasteiger charge is -2.18. The standard InChI is InChI=1S/C23H27F2N3O3/c1-4-5-20(27-22(30)11-16-9-18(24)12-19(25)10-16)23(31)28-21-7-6-17(13-26-21)14(2)8-15(3)29/h6-7,9-10,12-14,20H,4-5,8,11H2,1-3H3,(H,27,30)(H,26,28,31). The van der Waals surface area contributed by atoms with Gasteiger partial charge in [0.2, 0.25) is 11.8 Å². The van der Waals surface area contributed by atoms with Crippen molar-refractivity contribution in [2.24, 2.45) is 0 Å². The summed E-state index contributed by atoms with van der Waals surface area (Å²) in [7, 11) is 0. The Kier molecular flexibility index (Phi) is 8.78. The maximum absolute atomic E-state index is 13.3. The van der Waals surface area contributed by atoms with Crippen molar-refractivity contribution in [1.29, 1.82) is 0 Å². The molecular weight excluding hydrogens is 404 g/mol. The monoisotopic (exact) mass is 431 g/mol. The van der Waals surface area contributed by atoms with E-state index in [9.17, 15) is 23.2 Å². The molecule has 0 spiro atoms. The van der Waals surface area contributed by atoms with Crippen molar-refractivity contribution < 1.29 is 23.2 Å². The maximum Gasteiger partial charge on any atom is 0.248 e. The molecule has 2 atom stereocenters. The lowest BCUT2D eigenvalue weighted by Crippen LogP contribution is -2.44. The van der Waals surface area contributed by atoms with Crippen LogP contribution in [0.2, 0.25) is 0 Å². The molecule has 2 N–H and O–H groups in total. The van der Waals surface area contributed by atoms with E-state index in [0.717, 1.165) is 23.8 Å². The van der Waals surface area contributed by atoms with Crippen molar-refractivity contribution in [3.05, 3.63) is 59.3 Å². The third-order valence-electron chi connectivity index (χ3n) is 4.72. The first-order valence-corrected chi connectivity index (χ1v) is 10.2. The third-order valence-corrected chi connectivity index (χ3v) is 4.72. The highest BCUT2D eigenvalue weighted by Gasteiger charge is 2.21. The molecule has 0 saturated carbocycles. The number of nitrogens with one attached hydrogen (secondary N) is 2. The minimum Gasteiger partial charge on any atom is -0.344 e. The van der Waals surface area contributed by atoms with Gasteiger partial charge in [0.05, 0.1) is 6.42 Å². The van der Waals surface area contributed by atoms with E-state index in [0.29, 0.717) is 25.1 Å². The van der Waals surface area contributed by atoms with Gasteiger partial charge in [-0.25, -0.2) is 13.8 Å². The summed E-state index contributed by atoms with van der Waals surface area (Å²) in [4.78, 5) is 40.4. The first kappa shape index (κ1) is 24.1. The molecule has 0 bridgehead atoms. The van der Waals surface area contributed by atoms with Crippen LogP contribution < -0.4 is 10.6 Å². The number of pyridine rings is 1. The van der Waals surface area contributed by atoms with Crippen LogP contribution in [0.5, 0.6) is 0 Å². The predicted molar refractivity (Wildman–Crippen MR) is 113 cm³/mol. The van der Waals surface area contributed by atoms with Gasteiger partial charge in [0.1, 0.15) is 29.3 Å². The third kappa shape index (κ3) is 7.88. The van der Waals surface area contributed by atoms with E-state index in [1.807, 2.05) is 13.8 Å². The Labute approximate surface area is 180 Å². The number of ketones is 1. The summed E-state index contributed by atoms with van der Waals surface area (Å²) in [6.45, 7) is 5.33. The molecule has 0 saturated heterocycles. The van der Waals surface area contributed by atoms with Gasteiger partial charge in [0, 0.05) is 18.7 Å². The lowest BCUT2D eigenvalue weighted by molar-refractivity contribution is -0.126. The molecule has 1 aromatic heterocycles. The van der Waals surface area contributed by atoms with Gasteiger partial charge in [-0.3, -0.25) is 9.59 Å². The fourth-order valence-electron chi connectivity index (χ4n) is 3.23. The van der Waals surface area contributed by atoms with Crippen molar-refractivity contribution >= 4 is 23.4 Å². The zero-order chi connectivity index (χ0) is 23.0. The molecule has 31 heavy (non-hydrogen) atoms. The fourth-order valence-corrected chi connectivity index (χ4v) is 3.23. The zero-order valence-electron chi connectivity index (χ0n) is 17.9. The summed E-state index contributed by atoms with van der Waals surface area (Å²) in [6, 6.07) is 5.51. The molecule has 1 aromatic carbocycles. The quantitative estimate of drug-likeness (QED) is 0.597. The summed E-state index contributed by atoms with van der Waals surface area (Å²) in [5.41, 5.74) is 1.07. The second kappa shape index (κ2) is 11.3. The Morgan fingerprint density at radius 1 is 1.10 bits per heavy atom. The minimum atomic E-state index is -0.811. The van der Waals surface area contributed by atoms with Crippen LogP contribution in [0.1, 0.15) is 57.1 Å². The molecule has 0 aliphatic heterocycles. The molecule has 2 aromatic rings. The number of hydrogen-bond donors (Lipinski definition) is 2. The number of amides is 2. The van der Waals surface area contributed by atoms with Crippen molar-refractivity contribution in [2.45, 2.75) is 58.4 Å². The van der Waals surface area contributed by atoms with Crippen LogP contribution in [0.3, 0.4) is 0 Å². The Bertz CT molecular complexity index is 912. The summed E-state index contributed by atoms with van der Waals surface area (Å²) in [5, 5.41) is 5.28. The number of rotatable bonds is 10. The van der Waals surface area contributed by atoms with E-state index >= 15 is 0 Å². The van der Waals surface area contributed by atoms with Crippen LogP contribution in [-0.4, -0.2) is 28.6 Å². The van der Waals surface area contributed by atoms with E-state index in [1.54, 1.807) is 18.3 Å². The van der Waals surface area contributed by atoms with Gasteiger partial charge < -0.3 is 15.4 Å². The molecule has 1 heterocycles. The lowest BCUT2D eigenvalue weighted by atomic mass is 9.98. The van der Waals surface area contributed by atoms with Crippen molar-refractivity contribution in [1.82, 2.24) is 10.3 Å². The molecule has 0 fully saturated rings. The number of carbonyl (C=O) groups excluding carboxylic acids is 3. The second-order valence-electron chi connectivity index (χ2n) is 7.64. The van der Waals surface area contributed by atoms with Crippen LogP contribution in [0.4, 0.5) is 14.6 Å². The molecule has 2 amide bonds. The highest BCUT2D eigenvalue weighted by Crippen LogP contribution is 2.19. The van der Waals surface area contributed by atoms with E-state index in [1.165, 1.54) is 6.92 Å². The molecule has 0 aliphatic rings. The SMILES string of the molecule is CCCC(NC(=O)Cc1cc(F)cc(F)c1)C(=O)Nc1ccc(C(C)CC(C)=O)cn1. The highest BCUT2D eigenvalue weighted by molar-refractivity contribution is 5.96. The smallest absolute Gasteiger partial charge is 0.248 e. The van der Waals surface area contributed by atoms with E-state index < -0.39 is 29.5 Å². The summed E-state index contributed by atoms with van der Waals surface area (Å²) in [5.74, 6) is -2.04. The molecule has 6 nitrogen and oxygen atoms in total. The van der Waals surface area contributed by atoms with Crippen LogP contribution >= 0.6 is 0 Å². The Morgan fingerprint density at radius 2 is 1.77 bits per heavy atom. The van der Waals surface area contributed by atoms with Gasteiger partial charge in [0.25, 0.3) is 0 Å². The van der Waals surface area contributed by atoms with Crippen molar-refractivity contribution in [3.63, 3.8) is 0 Å². The number of anilines is 1. The van der Waals surface area contributed by atoms with Crippen molar-refractivity contribution in [2.75, 3.05) is 5.32 Å². The van der Waals surface area contributed by atoms with Crippen LogP contribution in [0, 0.1) is 11.6 Å². The molecule has 0 aliphatic carbocycles. The van der Waals surface area contributed by atoms with Crippen LogP contribution in [-0.2, 0) is 20.8 Å². The summed E-state index contributed by atoms with van der Waals surface area (Å²) < 4.78 is 26.6. The van der Waals surface area contributed by atoms with Crippen LogP contribution in [0.25, 0.3) is 0 Å². The number of carbonyl (C=O) groups is 3. The number of hydrogen-bond acceptors (Lipinski definition) is 4. The molecule has 166 valence electrons. The number of benzene rings is 1. The topological polar surface area (TPSA) is 88.2 Å². The number of aromatic nitrogens is 1. The summed E-state index contributed by atoms with van der Waals surface area (Å²) >= 11 is 0. The molecule has 2 unspecified atom stereocenters. The Balaban J connectivity index is 1.99. The highest BCUT2D eigenvalue weighted by atomic mass is 19.1. The number of nitrogens with zero attached hydrogens (tertiary/aromatic N) is 1. The second-order valence-corrected chi connectivity index (χ2v) is 7.64. The fraction of sp³-hybridized carbons (Fsp3) is 0.391. The normalized spacial score (nSPS) is 12.7. The first-order chi connectivity index (χ1) is 14.7. The molecular formula is C23H27F2N3O3. The number of Topliss-reactive ketones (excluding diaryl/α,β-unsaturated/α-hetero) is 1. The van der Waals surface area contributed by atoms with Gasteiger partial charge in [-0.1, -0.05) is 26.3 Å². The average molecular weight is 431 g/mol. The van der Waals surface area contributed by atoms with E-state index in [2.05, 4.69) is 15.6 Å². The maximum atomic E-state index is 13.3. The zero-order valence-corrected chi connectivity index (χ0v) is 17.9. The van der Waals surface area contributed by atoms with Gasteiger partial charge in [-0.15, -0.1) is 0 Å². The first-order valence-electron chi connectivity index (χ1n) is 10.2. The van der Waals surface area contributed by atoms with E-state index in [-0.39, 0.29) is 23.7 Å². The minimum absolute atomic E-state index is 0.0227. The van der Waals surface area contributed by atoms with Gasteiger partial charge in [-0.05, 0) is 48.6 Å². The predicted octanol–water partition coefficient (Wildman–Crippen LogP) is 3.91. The van der Waals surface area contributed by atoms with Crippen molar-refractivity contribution in [3.8, 4) is 0 Å². The Morgan fingerprint density at radius 3 is 2.32 bits per heavy atom. The van der Waals surface area contributed by atoms with E-state index in [4.69, 9.17) is 0 Å².